The Bertz CT molecular complexity index is 588. The van der Waals surface area contributed by atoms with Crippen LogP contribution < -0.4 is 15.8 Å². The van der Waals surface area contributed by atoms with Crippen molar-refractivity contribution in [2.24, 2.45) is 11.8 Å². The molecule has 3 unspecified atom stereocenters. The fourth-order valence-corrected chi connectivity index (χ4v) is 4.72. The summed E-state index contributed by atoms with van der Waals surface area (Å²) < 4.78 is 0. The monoisotopic (exact) mass is 344 g/mol. The number of amides is 1. The van der Waals surface area contributed by atoms with Crippen molar-refractivity contribution in [3.05, 3.63) is 18.3 Å². The van der Waals surface area contributed by atoms with Crippen molar-refractivity contribution in [2.75, 3.05) is 31.6 Å². The number of hydrogen-bond acceptors (Lipinski definition) is 6. The molecule has 25 heavy (non-hydrogen) atoms. The highest BCUT2D eigenvalue weighted by Gasteiger charge is 2.42. The Kier molecular flexibility index (Phi) is 4.85. The quantitative estimate of drug-likeness (QED) is 0.845. The van der Waals surface area contributed by atoms with Crippen LogP contribution in [-0.4, -0.2) is 59.8 Å². The maximum Gasteiger partial charge on any atom is 0.226 e. The molecule has 0 radical (unpaired) electrons. The number of likely N-dealkylation sites (tertiary alicyclic amines) is 1. The summed E-state index contributed by atoms with van der Waals surface area (Å²) in [6.07, 6.45) is 7.07. The van der Waals surface area contributed by atoms with Crippen LogP contribution >= 0.6 is 0 Å². The van der Waals surface area contributed by atoms with Gasteiger partial charge in [-0.1, -0.05) is 6.42 Å². The molecule has 1 aromatic heterocycles. The van der Waals surface area contributed by atoms with E-state index in [2.05, 4.69) is 37.9 Å². The molecule has 3 heterocycles. The molecule has 1 aliphatic carbocycles. The first-order chi connectivity index (χ1) is 12.2. The highest BCUT2D eigenvalue weighted by Crippen LogP contribution is 2.34. The molecule has 3 atom stereocenters. The van der Waals surface area contributed by atoms with Crippen molar-refractivity contribution in [2.45, 2.75) is 44.2 Å². The van der Waals surface area contributed by atoms with Gasteiger partial charge in [0.1, 0.15) is 0 Å². The van der Waals surface area contributed by atoms with E-state index in [9.17, 15) is 4.79 Å². The molecule has 3 aliphatic rings. The fourth-order valence-electron chi connectivity index (χ4n) is 4.72. The average Bonchev–Trinajstić information content (AvgIpc) is 3.16. The Balaban J connectivity index is 1.34. The van der Waals surface area contributed by atoms with Crippen LogP contribution in [0.15, 0.2) is 18.3 Å². The molecule has 4 rings (SSSR count). The zero-order chi connectivity index (χ0) is 17.2. The number of carbonyl (C=O) groups is 1. The van der Waals surface area contributed by atoms with E-state index in [1.807, 2.05) is 12.1 Å². The Hall–Kier alpha value is -1.73. The van der Waals surface area contributed by atoms with Crippen LogP contribution in [-0.2, 0) is 4.79 Å². The van der Waals surface area contributed by atoms with Gasteiger partial charge in [0.25, 0.3) is 0 Å². The van der Waals surface area contributed by atoms with Crippen LogP contribution in [0.1, 0.15) is 32.1 Å². The van der Waals surface area contributed by atoms with Gasteiger partial charge < -0.3 is 9.80 Å². The molecule has 1 amide bonds. The number of anilines is 1. The average molecular weight is 344 g/mol. The summed E-state index contributed by atoms with van der Waals surface area (Å²) in [6, 6.07) is 4.81. The molecule has 2 aliphatic heterocycles. The second kappa shape index (κ2) is 7.25. The van der Waals surface area contributed by atoms with Crippen LogP contribution in [0.25, 0.3) is 0 Å². The maximum atomic E-state index is 13.1. The van der Waals surface area contributed by atoms with Crippen LogP contribution in [0.2, 0.25) is 0 Å². The number of hydrazine groups is 1. The van der Waals surface area contributed by atoms with Gasteiger partial charge in [0, 0.05) is 56.8 Å². The van der Waals surface area contributed by atoms with Crippen LogP contribution in [0.5, 0.6) is 0 Å². The zero-order valence-corrected chi connectivity index (χ0v) is 14.9. The Morgan fingerprint density at radius 2 is 2.12 bits per heavy atom. The molecule has 0 aromatic carbocycles. The largest absolute Gasteiger partial charge is 0.355 e. The molecule has 1 saturated carbocycles. The van der Waals surface area contributed by atoms with Crippen molar-refractivity contribution in [3.8, 4) is 0 Å². The molecule has 0 bridgehead atoms. The highest BCUT2D eigenvalue weighted by molar-refractivity contribution is 5.79. The molecule has 1 aromatic rings. The minimum atomic E-state index is 0.190. The van der Waals surface area contributed by atoms with E-state index in [0.29, 0.717) is 23.9 Å². The Labute approximate surface area is 149 Å². The number of nitrogens with one attached hydrogen (secondary N) is 2. The summed E-state index contributed by atoms with van der Waals surface area (Å²) in [4.78, 5) is 17.4. The smallest absolute Gasteiger partial charge is 0.226 e. The van der Waals surface area contributed by atoms with E-state index in [4.69, 9.17) is 0 Å². The van der Waals surface area contributed by atoms with Crippen LogP contribution in [0, 0.1) is 11.8 Å². The number of carbonyl (C=O) groups excluding carboxylic acids is 1. The molecular weight excluding hydrogens is 316 g/mol. The van der Waals surface area contributed by atoms with E-state index in [1.165, 1.54) is 6.42 Å². The van der Waals surface area contributed by atoms with Gasteiger partial charge in [0.05, 0.1) is 0 Å². The van der Waals surface area contributed by atoms with Gasteiger partial charge in [-0.25, -0.2) is 0 Å². The van der Waals surface area contributed by atoms with E-state index in [-0.39, 0.29) is 5.92 Å². The van der Waals surface area contributed by atoms with Gasteiger partial charge in [0.15, 0.2) is 5.82 Å². The van der Waals surface area contributed by atoms with Crippen molar-refractivity contribution in [1.29, 1.82) is 0 Å². The SMILES string of the molecule is CN(c1cccnn1)C1CCN(C(=O)C2CCCC3NNCC32)CC1. The van der Waals surface area contributed by atoms with Gasteiger partial charge >= 0.3 is 0 Å². The molecule has 3 fully saturated rings. The third-order valence-electron chi connectivity index (χ3n) is 6.25. The first-order valence-electron chi connectivity index (χ1n) is 9.52. The van der Waals surface area contributed by atoms with E-state index in [1.54, 1.807) is 6.20 Å². The molecule has 2 saturated heterocycles. The van der Waals surface area contributed by atoms with Crippen molar-refractivity contribution in [3.63, 3.8) is 0 Å². The number of rotatable bonds is 3. The van der Waals surface area contributed by atoms with Gasteiger partial charge in [-0.2, -0.15) is 5.10 Å². The molecule has 2 N–H and O–H groups in total. The third-order valence-corrected chi connectivity index (χ3v) is 6.25. The molecule has 7 nitrogen and oxygen atoms in total. The van der Waals surface area contributed by atoms with E-state index < -0.39 is 0 Å². The van der Waals surface area contributed by atoms with Crippen LogP contribution in [0.3, 0.4) is 0 Å². The topological polar surface area (TPSA) is 73.4 Å². The fraction of sp³-hybridized carbons (Fsp3) is 0.722. The minimum Gasteiger partial charge on any atom is -0.355 e. The first-order valence-corrected chi connectivity index (χ1v) is 9.52. The summed E-state index contributed by atoms with van der Waals surface area (Å²) in [5.74, 6) is 1.93. The van der Waals surface area contributed by atoms with Crippen molar-refractivity contribution in [1.82, 2.24) is 25.9 Å². The molecule has 136 valence electrons. The predicted molar refractivity (Wildman–Crippen MR) is 95.8 cm³/mol. The molecule has 0 spiro atoms. The van der Waals surface area contributed by atoms with Gasteiger partial charge in [-0.05, 0) is 37.8 Å². The second-order valence-corrected chi connectivity index (χ2v) is 7.58. The summed E-state index contributed by atoms with van der Waals surface area (Å²) in [5, 5.41) is 8.17. The third kappa shape index (κ3) is 3.35. The first kappa shape index (κ1) is 16.7. The summed E-state index contributed by atoms with van der Waals surface area (Å²) in [6.45, 7) is 2.62. The van der Waals surface area contributed by atoms with Crippen LogP contribution in [0.4, 0.5) is 5.82 Å². The number of fused-ring (bicyclic) bond motifs is 1. The van der Waals surface area contributed by atoms with Crippen molar-refractivity contribution >= 4 is 11.7 Å². The van der Waals surface area contributed by atoms with Gasteiger partial charge in [-0.3, -0.25) is 15.6 Å². The number of aromatic nitrogens is 2. The number of piperidine rings is 1. The zero-order valence-electron chi connectivity index (χ0n) is 14.9. The maximum absolute atomic E-state index is 13.1. The summed E-state index contributed by atoms with van der Waals surface area (Å²) >= 11 is 0. The molecular formula is C18H28N6O. The molecule has 7 heteroatoms. The van der Waals surface area contributed by atoms with E-state index in [0.717, 1.165) is 51.1 Å². The second-order valence-electron chi connectivity index (χ2n) is 7.58. The minimum absolute atomic E-state index is 0.190. The van der Waals surface area contributed by atoms with E-state index >= 15 is 0 Å². The lowest BCUT2D eigenvalue weighted by molar-refractivity contribution is -0.139. The lowest BCUT2D eigenvalue weighted by Crippen LogP contribution is -2.50. The Morgan fingerprint density at radius 3 is 2.88 bits per heavy atom. The summed E-state index contributed by atoms with van der Waals surface area (Å²) in [5.41, 5.74) is 6.60. The lowest BCUT2D eigenvalue weighted by Gasteiger charge is -2.40. The van der Waals surface area contributed by atoms with Gasteiger partial charge in [-0.15, -0.1) is 5.10 Å². The van der Waals surface area contributed by atoms with Gasteiger partial charge in [0.2, 0.25) is 5.91 Å². The van der Waals surface area contributed by atoms with Crippen molar-refractivity contribution < 1.29 is 4.79 Å². The normalized spacial score (nSPS) is 30.1. The Morgan fingerprint density at radius 1 is 1.28 bits per heavy atom. The lowest BCUT2D eigenvalue weighted by atomic mass is 9.76. The standard InChI is InChI=1S/C18H28N6O/c1-23(17-6-3-9-19-22-17)13-7-10-24(11-8-13)18(25)14-4-2-5-16-15(14)12-20-21-16/h3,6,9,13-16,20-21H,2,4-5,7-8,10-12H2,1H3. The highest BCUT2D eigenvalue weighted by atomic mass is 16.2. The predicted octanol–water partition coefficient (Wildman–Crippen LogP) is 0.797. The summed E-state index contributed by atoms with van der Waals surface area (Å²) in [7, 11) is 2.08. The number of hydrogen-bond donors (Lipinski definition) is 2. The number of nitrogens with zero attached hydrogens (tertiary/aromatic N) is 4.